The highest BCUT2D eigenvalue weighted by atomic mass is 79.9. The number of halogens is 1. The molecule has 4 aromatic carbocycles. The Bertz CT molecular complexity index is 1610. The summed E-state index contributed by atoms with van der Waals surface area (Å²) in [5.74, 6) is 0.623. The Morgan fingerprint density at radius 3 is 2.50 bits per heavy atom. The van der Waals surface area contributed by atoms with Gasteiger partial charge in [-0.1, -0.05) is 24.3 Å². The van der Waals surface area contributed by atoms with Crippen LogP contribution in [0.1, 0.15) is 21.5 Å². The third kappa shape index (κ3) is 4.57. The summed E-state index contributed by atoms with van der Waals surface area (Å²) in [6.07, 6.45) is 0. The number of thiocarbonyl (C=S) groups is 1. The number of nitrogens with zero attached hydrogens (tertiary/aromatic N) is 1. The van der Waals surface area contributed by atoms with E-state index in [0.29, 0.717) is 21.7 Å². The molecular formula is C28H22BrN3O3S. The molecule has 0 atom stereocenters. The van der Waals surface area contributed by atoms with E-state index in [1.165, 1.54) is 12.7 Å². The van der Waals surface area contributed by atoms with Crippen LogP contribution in [0.25, 0.3) is 33.3 Å². The summed E-state index contributed by atoms with van der Waals surface area (Å²) >= 11 is 8.95. The number of anilines is 1. The zero-order valence-electron chi connectivity index (χ0n) is 19.8. The maximum atomic E-state index is 13.0. The molecule has 1 aromatic heterocycles. The van der Waals surface area contributed by atoms with Crippen molar-refractivity contribution < 1.29 is 13.9 Å². The van der Waals surface area contributed by atoms with E-state index >= 15 is 0 Å². The van der Waals surface area contributed by atoms with Crippen molar-refractivity contribution in [2.45, 2.75) is 13.8 Å². The first-order valence-electron chi connectivity index (χ1n) is 11.2. The van der Waals surface area contributed by atoms with Crippen molar-refractivity contribution in [3.63, 3.8) is 0 Å². The fraction of sp³-hybridized carbons (Fsp3) is 0.107. The molecule has 1 amide bonds. The third-order valence-electron chi connectivity index (χ3n) is 6.01. The maximum Gasteiger partial charge on any atom is 0.261 e. The van der Waals surface area contributed by atoms with E-state index in [1.54, 1.807) is 6.07 Å². The van der Waals surface area contributed by atoms with Gasteiger partial charge in [0.2, 0.25) is 5.89 Å². The molecule has 6 nitrogen and oxygen atoms in total. The van der Waals surface area contributed by atoms with Crippen molar-refractivity contribution >= 4 is 66.7 Å². The summed E-state index contributed by atoms with van der Waals surface area (Å²) in [6, 6.07) is 21.1. The Morgan fingerprint density at radius 2 is 1.75 bits per heavy atom. The first-order valence-corrected chi connectivity index (χ1v) is 12.4. The highest BCUT2D eigenvalue weighted by Gasteiger charge is 2.19. The summed E-state index contributed by atoms with van der Waals surface area (Å²) in [5, 5.41) is 7.82. The van der Waals surface area contributed by atoms with E-state index in [-0.39, 0.29) is 11.0 Å². The molecule has 0 saturated carbocycles. The van der Waals surface area contributed by atoms with Crippen LogP contribution < -0.4 is 15.4 Å². The first kappa shape index (κ1) is 24.0. The predicted molar refractivity (Wildman–Crippen MR) is 151 cm³/mol. The number of amides is 1. The van der Waals surface area contributed by atoms with Gasteiger partial charge in [0.15, 0.2) is 10.7 Å². The Morgan fingerprint density at radius 1 is 1.03 bits per heavy atom. The number of hydrogen-bond acceptors (Lipinski definition) is 5. The summed E-state index contributed by atoms with van der Waals surface area (Å²) < 4.78 is 12.2. The van der Waals surface area contributed by atoms with E-state index < -0.39 is 0 Å². The number of rotatable bonds is 4. The molecule has 0 saturated heterocycles. The lowest BCUT2D eigenvalue weighted by atomic mass is 10.1. The van der Waals surface area contributed by atoms with Crippen LogP contribution in [0.2, 0.25) is 0 Å². The molecule has 0 bridgehead atoms. The van der Waals surface area contributed by atoms with Crippen molar-refractivity contribution in [3.8, 4) is 17.2 Å². The van der Waals surface area contributed by atoms with E-state index in [0.717, 1.165) is 38.7 Å². The van der Waals surface area contributed by atoms with Crippen molar-refractivity contribution in [3.05, 3.63) is 87.9 Å². The molecule has 0 aliphatic heterocycles. The zero-order valence-corrected chi connectivity index (χ0v) is 22.2. The fourth-order valence-corrected chi connectivity index (χ4v) is 4.93. The number of hydrogen-bond donors (Lipinski definition) is 2. The number of aromatic nitrogens is 1. The van der Waals surface area contributed by atoms with Gasteiger partial charge in [0.25, 0.3) is 5.91 Å². The quantitative estimate of drug-likeness (QED) is 0.227. The van der Waals surface area contributed by atoms with Crippen LogP contribution in [0.15, 0.2) is 75.6 Å². The first-order chi connectivity index (χ1) is 17.3. The summed E-state index contributed by atoms with van der Waals surface area (Å²) in [5.41, 5.74) is 5.86. The number of aryl methyl sites for hydroxylation is 2. The molecule has 36 heavy (non-hydrogen) atoms. The Hall–Kier alpha value is -3.75. The van der Waals surface area contributed by atoms with Crippen LogP contribution >= 0.6 is 28.1 Å². The van der Waals surface area contributed by atoms with Crippen molar-refractivity contribution in [2.75, 3.05) is 12.4 Å². The van der Waals surface area contributed by atoms with Gasteiger partial charge in [-0.25, -0.2) is 4.98 Å². The second kappa shape index (κ2) is 9.72. The van der Waals surface area contributed by atoms with Crippen molar-refractivity contribution in [1.82, 2.24) is 10.3 Å². The van der Waals surface area contributed by atoms with Crippen LogP contribution in [0.4, 0.5) is 5.69 Å². The molecule has 2 N–H and O–H groups in total. The largest absolute Gasteiger partial charge is 0.495 e. The number of carbonyl (C=O) groups excluding carboxylic acids is 1. The molecule has 0 fully saturated rings. The number of carbonyl (C=O) groups is 1. The van der Waals surface area contributed by atoms with Crippen LogP contribution in [0, 0.1) is 13.8 Å². The minimum atomic E-state index is -0.371. The van der Waals surface area contributed by atoms with Gasteiger partial charge >= 0.3 is 0 Å². The maximum absolute atomic E-state index is 13.0. The van der Waals surface area contributed by atoms with Gasteiger partial charge in [-0.15, -0.1) is 0 Å². The van der Waals surface area contributed by atoms with Gasteiger partial charge in [0.1, 0.15) is 11.3 Å². The lowest BCUT2D eigenvalue weighted by molar-refractivity contribution is 0.0975. The Kier molecular flexibility index (Phi) is 6.47. The van der Waals surface area contributed by atoms with Crippen LogP contribution in [-0.4, -0.2) is 23.1 Å². The van der Waals surface area contributed by atoms with Gasteiger partial charge in [-0.2, -0.15) is 0 Å². The Balaban J connectivity index is 1.31. The zero-order chi connectivity index (χ0) is 25.4. The van der Waals surface area contributed by atoms with Gasteiger partial charge < -0.3 is 14.5 Å². The number of nitrogens with one attached hydrogen (secondary N) is 2. The molecule has 5 rings (SSSR count). The molecule has 5 aromatic rings. The predicted octanol–water partition coefficient (Wildman–Crippen LogP) is 7.16. The lowest BCUT2D eigenvalue weighted by Gasteiger charge is -2.14. The van der Waals surface area contributed by atoms with Gasteiger partial charge in [0, 0.05) is 11.3 Å². The van der Waals surface area contributed by atoms with Crippen LogP contribution in [0.5, 0.6) is 5.75 Å². The minimum absolute atomic E-state index is 0.173. The normalized spacial score (nSPS) is 11.0. The molecule has 180 valence electrons. The summed E-state index contributed by atoms with van der Waals surface area (Å²) in [6.45, 7) is 4.11. The lowest BCUT2D eigenvalue weighted by Crippen LogP contribution is -2.34. The van der Waals surface area contributed by atoms with Crippen LogP contribution in [-0.2, 0) is 0 Å². The third-order valence-corrected chi connectivity index (χ3v) is 7.00. The smallest absolute Gasteiger partial charge is 0.261 e. The molecule has 0 unspecified atom stereocenters. The van der Waals surface area contributed by atoms with Crippen molar-refractivity contribution in [1.29, 1.82) is 0 Å². The number of fused-ring (bicyclic) bond motifs is 2. The number of oxazole rings is 1. The second-order valence-electron chi connectivity index (χ2n) is 8.40. The molecule has 0 aliphatic carbocycles. The fourth-order valence-electron chi connectivity index (χ4n) is 3.98. The second-order valence-corrected chi connectivity index (χ2v) is 9.60. The van der Waals surface area contributed by atoms with E-state index in [2.05, 4.69) is 38.5 Å². The molecule has 0 spiro atoms. The summed E-state index contributed by atoms with van der Waals surface area (Å²) in [4.78, 5) is 17.6. The number of benzene rings is 4. The Labute approximate surface area is 221 Å². The average Bonchev–Trinajstić information content (AvgIpc) is 3.27. The molecule has 0 radical (unpaired) electrons. The average molecular weight is 560 g/mol. The highest BCUT2D eigenvalue weighted by Crippen LogP contribution is 2.36. The van der Waals surface area contributed by atoms with Gasteiger partial charge in [-0.3, -0.25) is 10.1 Å². The monoisotopic (exact) mass is 559 g/mol. The topological polar surface area (TPSA) is 76.4 Å². The molecule has 8 heteroatoms. The minimum Gasteiger partial charge on any atom is -0.495 e. The molecular weight excluding hydrogens is 538 g/mol. The van der Waals surface area contributed by atoms with Crippen molar-refractivity contribution in [2.24, 2.45) is 0 Å². The SMILES string of the molecule is COc1c(C(=O)NC(=S)Nc2ccc(-c3nc4cc(C)c(C)cc4o3)cc2)cc2ccccc2c1Br. The van der Waals surface area contributed by atoms with Crippen LogP contribution in [0.3, 0.4) is 0 Å². The molecule has 0 aliphatic rings. The molecule has 1 heterocycles. The van der Waals surface area contributed by atoms with Gasteiger partial charge in [-0.05, 0) is 106 Å². The van der Waals surface area contributed by atoms with E-state index in [4.69, 9.17) is 21.4 Å². The highest BCUT2D eigenvalue weighted by molar-refractivity contribution is 9.10. The standard InChI is InChI=1S/C28H22BrN3O3S/c1-15-12-22-23(13-16(15)2)35-27(31-22)17-8-10-19(11-9-17)30-28(36)32-26(33)21-14-18-6-4-5-7-20(18)24(29)25(21)34-3/h4-14H,1-3H3,(H2,30,32,33,36). The number of ether oxygens (including phenoxy) is 1. The van der Waals surface area contributed by atoms with E-state index in [1.807, 2.05) is 67.6 Å². The number of methoxy groups -OCH3 is 1. The van der Waals surface area contributed by atoms with E-state index in [9.17, 15) is 4.79 Å². The summed E-state index contributed by atoms with van der Waals surface area (Å²) in [7, 11) is 1.53. The van der Waals surface area contributed by atoms with Gasteiger partial charge in [0.05, 0.1) is 17.1 Å².